The topological polar surface area (TPSA) is 36.7 Å². The van der Waals surface area contributed by atoms with Gasteiger partial charge < -0.3 is 0 Å². The Balaban J connectivity index is 2.00. The molecule has 3 heteroatoms. The molecule has 1 heterocycles. The first-order chi connectivity index (χ1) is 8.75. The maximum absolute atomic E-state index is 9.34. The van der Waals surface area contributed by atoms with E-state index in [9.17, 15) is 5.26 Å². The van der Waals surface area contributed by atoms with E-state index in [0.29, 0.717) is 0 Å². The molecule has 1 aliphatic carbocycles. The average molecular weight is 254 g/mol. The van der Waals surface area contributed by atoms with Gasteiger partial charge in [-0.25, -0.2) is 4.98 Å². The SMILES string of the molecule is Cc1ccccc1-c1nc(C2(C#N)CCC2)cs1. The monoisotopic (exact) mass is 254 g/mol. The Morgan fingerprint density at radius 3 is 2.72 bits per heavy atom. The molecule has 0 atom stereocenters. The van der Waals surface area contributed by atoms with Crippen LogP contribution in [0.1, 0.15) is 30.5 Å². The molecule has 1 aliphatic rings. The number of aromatic nitrogens is 1. The van der Waals surface area contributed by atoms with Gasteiger partial charge in [0.15, 0.2) is 0 Å². The number of benzene rings is 1. The van der Waals surface area contributed by atoms with Crippen molar-refractivity contribution >= 4 is 11.3 Å². The zero-order chi connectivity index (χ0) is 12.6. The standard InChI is InChI=1S/C15H14N2S/c1-11-5-2-3-6-12(11)14-17-13(9-18-14)15(10-16)7-4-8-15/h2-3,5-6,9H,4,7-8H2,1H3. The molecular formula is C15H14N2S. The number of nitrogens with zero attached hydrogens (tertiary/aromatic N) is 2. The summed E-state index contributed by atoms with van der Waals surface area (Å²) in [5.74, 6) is 0. The third-order valence-corrected chi connectivity index (χ3v) is 4.67. The lowest BCUT2D eigenvalue weighted by Crippen LogP contribution is -2.32. The summed E-state index contributed by atoms with van der Waals surface area (Å²) in [6, 6.07) is 10.7. The molecule has 0 bridgehead atoms. The van der Waals surface area contributed by atoms with Crippen molar-refractivity contribution in [1.82, 2.24) is 4.98 Å². The Kier molecular flexibility index (Phi) is 2.68. The highest BCUT2D eigenvalue weighted by Crippen LogP contribution is 2.44. The Bertz CT molecular complexity index is 617. The number of thiazole rings is 1. The molecule has 3 rings (SSSR count). The minimum atomic E-state index is -0.294. The summed E-state index contributed by atoms with van der Waals surface area (Å²) in [5, 5.41) is 12.4. The van der Waals surface area contributed by atoms with Crippen molar-refractivity contribution in [3.8, 4) is 16.6 Å². The summed E-state index contributed by atoms with van der Waals surface area (Å²) >= 11 is 1.65. The van der Waals surface area contributed by atoms with Gasteiger partial charge in [0, 0.05) is 10.9 Å². The first-order valence-electron chi connectivity index (χ1n) is 6.18. The smallest absolute Gasteiger partial charge is 0.123 e. The third-order valence-electron chi connectivity index (χ3n) is 3.79. The Morgan fingerprint density at radius 2 is 2.11 bits per heavy atom. The van der Waals surface area contributed by atoms with Crippen LogP contribution in [-0.2, 0) is 5.41 Å². The summed E-state index contributed by atoms with van der Waals surface area (Å²) in [6.45, 7) is 2.10. The normalized spacial score (nSPS) is 16.9. The van der Waals surface area contributed by atoms with Gasteiger partial charge in [0.2, 0.25) is 0 Å². The van der Waals surface area contributed by atoms with Crippen LogP contribution in [0, 0.1) is 18.3 Å². The molecule has 2 nitrogen and oxygen atoms in total. The molecule has 0 amide bonds. The summed E-state index contributed by atoms with van der Waals surface area (Å²) < 4.78 is 0. The molecule has 0 spiro atoms. The van der Waals surface area contributed by atoms with E-state index in [1.807, 2.05) is 12.1 Å². The molecular weight excluding hydrogens is 240 g/mol. The maximum atomic E-state index is 9.34. The molecule has 0 saturated heterocycles. The minimum absolute atomic E-state index is 0.294. The van der Waals surface area contributed by atoms with Crippen LogP contribution in [0.4, 0.5) is 0 Å². The lowest BCUT2D eigenvalue weighted by atomic mass is 9.68. The second-order valence-corrected chi connectivity index (χ2v) is 5.76. The van der Waals surface area contributed by atoms with E-state index in [2.05, 4.69) is 30.5 Å². The van der Waals surface area contributed by atoms with E-state index in [1.165, 1.54) is 11.1 Å². The van der Waals surface area contributed by atoms with E-state index >= 15 is 0 Å². The molecule has 1 aromatic carbocycles. The van der Waals surface area contributed by atoms with E-state index < -0.39 is 0 Å². The van der Waals surface area contributed by atoms with Crippen LogP contribution < -0.4 is 0 Å². The largest absolute Gasteiger partial charge is 0.239 e. The van der Waals surface area contributed by atoms with Gasteiger partial charge in [-0.3, -0.25) is 0 Å². The Morgan fingerprint density at radius 1 is 1.33 bits per heavy atom. The van der Waals surface area contributed by atoms with Gasteiger partial charge >= 0.3 is 0 Å². The predicted octanol–water partition coefficient (Wildman–Crippen LogP) is 4.06. The fourth-order valence-corrected chi connectivity index (χ4v) is 3.39. The van der Waals surface area contributed by atoms with Crippen LogP contribution in [-0.4, -0.2) is 4.98 Å². The lowest BCUT2D eigenvalue weighted by Gasteiger charge is -2.33. The highest BCUT2D eigenvalue weighted by atomic mass is 32.1. The number of aryl methyl sites for hydroxylation is 1. The zero-order valence-electron chi connectivity index (χ0n) is 10.3. The number of nitriles is 1. The van der Waals surface area contributed by atoms with Crippen molar-refractivity contribution in [2.75, 3.05) is 0 Å². The first kappa shape index (κ1) is 11.4. The van der Waals surface area contributed by atoms with Crippen molar-refractivity contribution in [2.45, 2.75) is 31.6 Å². The Hall–Kier alpha value is -1.66. The van der Waals surface area contributed by atoms with Gasteiger partial charge in [0.25, 0.3) is 0 Å². The number of rotatable bonds is 2. The molecule has 0 N–H and O–H groups in total. The molecule has 1 aromatic heterocycles. The van der Waals surface area contributed by atoms with Crippen LogP contribution in [0.2, 0.25) is 0 Å². The maximum Gasteiger partial charge on any atom is 0.123 e. The zero-order valence-corrected chi connectivity index (χ0v) is 11.1. The molecule has 18 heavy (non-hydrogen) atoms. The van der Waals surface area contributed by atoms with Gasteiger partial charge in [0.1, 0.15) is 10.4 Å². The number of hydrogen-bond acceptors (Lipinski definition) is 3. The van der Waals surface area contributed by atoms with Crippen molar-refractivity contribution in [3.05, 3.63) is 40.9 Å². The van der Waals surface area contributed by atoms with Crippen LogP contribution in [0.25, 0.3) is 10.6 Å². The van der Waals surface area contributed by atoms with Gasteiger partial charge in [-0.2, -0.15) is 5.26 Å². The summed E-state index contributed by atoms with van der Waals surface area (Å²) in [4.78, 5) is 4.70. The van der Waals surface area contributed by atoms with Crippen molar-refractivity contribution in [1.29, 1.82) is 5.26 Å². The summed E-state index contributed by atoms with van der Waals surface area (Å²) in [6.07, 6.45) is 3.06. The first-order valence-corrected chi connectivity index (χ1v) is 7.06. The van der Waals surface area contributed by atoms with Crippen molar-refractivity contribution in [3.63, 3.8) is 0 Å². The Labute approximate surface area is 111 Å². The quantitative estimate of drug-likeness (QED) is 0.810. The van der Waals surface area contributed by atoms with Gasteiger partial charge in [-0.05, 0) is 31.7 Å². The molecule has 0 unspecified atom stereocenters. The van der Waals surface area contributed by atoms with Crippen LogP contribution in [0.15, 0.2) is 29.6 Å². The average Bonchev–Trinajstić information content (AvgIpc) is 2.79. The molecule has 0 aliphatic heterocycles. The highest BCUT2D eigenvalue weighted by molar-refractivity contribution is 7.13. The van der Waals surface area contributed by atoms with E-state index in [1.54, 1.807) is 11.3 Å². The molecule has 2 aromatic rings. The third kappa shape index (κ3) is 1.65. The highest BCUT2D eigenvalue weighted by Gasteiger charge is 2.41. The van der Waals surface area contributed by atoms with Crippen LogP contribution >= 0.6 is 11.3 Å². The van der Waals surface area contributed by atoms with Crippen LogP contribution in [0.5, 0.6) is 0 Å². The number of hydrogen-bond donors (Lipinski definition) is 0. The fraction of sp³-hybridized carbons (Fsp3) is 0.333. The predicted molar refractivity (Wildman–Crippen MR) is 73.4 cm³/mol. The fourth-order valence-electron chi connectivity index (χ4n) is 2.39. The van der Waals surface area contributed by atoms with E-state index in [-0.39, 0.29) is 5.41 Å². The second kappa shape index (κ2) is 4.22. The minimum Gasteiger partial charge on any atom is -0.239 e. The molecule has 1 saturated carbocycles. The molecule has 0 radical (unpaired) electrons. The van der Waals surface area contributed by atoms with E-state index in [4.69, 9.17) is 4.98 Å². The summed E-state index contributed by atoms with van der Waals surface area (Å²) in [7, 11) is 0. The molecule has 1 fully saturated rings. The van der Waals surface area contributed by atoms with Gasteiger partial charge in [0.05, 0.1) is 11.8 Å². The van der Waals surface area contributed by atoms with Gasteiger partial charge in [-0.1, -0.05) is 24.3 Å². The van der Waals surface area contributed by atoms with E-state index in [0.717, 1.165) is 30.0 Å². The van der Waals surface area contributed by atoms with Crippen molar-refractivity contribution in [2.24, 2.45) is 0 Å². The lowest BCUT2D eigenvalue weighted by molar-refractivity contribution is 0.317. The second-order valence-electron chi connectivity index (χ2n) is 4.90. The van der Waals surface area contributed by atoms with Crippen LogP contribution in [0.3, 0.4) is 0 Å². The van der Waals surface area contributed by atoms with Crippen molar-refractivity contribution < 1.29 is 0 Å². The van der Waals surface area contributed by atoms with Gasteiger partial charge in [-0.15, -0.1) is 11.3 Å². The summed E-state index contributed by atoms with van der Waals surface area (Å²) in [5.41, 5.74) is 3.09. The molecule has 90 valence electrons.